The number of fused-ring (bicyclic) bond motifs is 1. The topological polar surface area (TPSA) is 35.5 Å². The lowest BCUT2D eigenvalue weighted by Gasteiger charge is -2.30. The van der Waals surface area contributed by atoms with Crippen molar-refractivity contribution in [2.45, 2.75) is 18.4 Å². The number of ether oxygens (including phenoxy) is 2. The monoisotopic (exact) mass is 364 g/mol. The van der Waals surface area contributed by atoms with Gasteiger partial charge < -0.3 is 9.47 Å². The van der Waals surface area contributed by atoms with Gasteiger partial charge >= 0.3 is 5.97 Å². The summed E-state index contributed by atoms with van der Waals surface area (Å²) < 4.78 is 25.2. The van der Waals surface area contributed by atoms with Gasteiger partial charge in [-0.1, -0.05) is 53.2 Å². The van der Waals surface area contributed by atoms with E-state index in [0.717, 1.165) is 5.56 Å². The van der Waals surface area contributed by atoms with Crippen LogP contribution in [0, 0.1) is 5.82 Å². The maximum Gasteiger partial charge on any atom is 0.355 e. The molecule has 0 saturated carbocycles. The van der Waals surface area contributed by atoms with Crippen LogP contribution in [0.25, 0.3) is 0 Å². The Morgan fingerprint density at radius 2 is 2.00 bits per heavy atom. The van der Waals surface area contributed by atoms with E-state index in [1.54, 1.807) is 0 Å². The molecule has 0 fully saturated rings. The maximum atomic E-state index is 13.7. The highest BCUT2D eigenvalue weighted by Crippen LogP contribution is 2.53. The van der Waals surface area contributed by atoms with Gasteiger partial charge in [-0.15, -0.1) is 0 Å². The normalized spacial score (nSPS) is 22.8. The van der Waals surface area contributed by atoms with Gasteiger partial charge in [0.2, 0.25) is 5.60 Å². The van der Waals surface area contributed by atoms with Crippen molar-refractivity contribution in [2.24, 2.45) is 0 Å². The van der Waals surface area contributed by atoms with Crippen LogP contribution in [0.3, 0.4) is 0 Å². The van der Waals surface area contributed by atoms with E-state index in [2.05, 4.69) is 15.9 Å². The van der Waals surface area contributed by atoms with Crippen molar-refractivity contribution in [2.75, 3.05) is 7.11 Å². The number of carbonyl (C=O) groups is 1. The molecule has 2 aromatic rings. The zero-order chi connectivity index (χ0) is 15.9. The average Bonchev–Trinajstić information content (AvgIpc) is 2.81. The van der Waals surface area contributed by atoms with E-state index in [-0.39, 0.29) is 5.92 Å². The second-order valence-corrected chi connectivity index (χ2v) is 6.07. The van der Waals surface area contributed by atoms with E-state index in [0.29, 0.717) is 15.8 Å². The summed E-state index contributed by atoms with van der Waals surface area (Å²) in [5, 5.41) is 0. The summed E-state index contributed by atoms with van der Waals surface area (Å²) >= 11 is 3.36. The van der Waals surface area contributed by atoms with Crippen LogP contribution in [-0.4, -0.2) is 13.1 Å². The van der Waals surface area contributed by atoms with E-state index in [1.807, 2.05) is 37.3 Å². The number of hydrogen-bond donors (Lipinski definition) is 0. The van der Waals surface area contributed by atoms with E-state index >= 15 is 0 Å². The fraction of sp³-hybridized carbons (Fsp3) is 0.235. The summed E-state index contributed by atoms with van der Waals surface area (Å²) in [7, 11) is 1.32. The smallest absolute Gasteiger partial charge is 0.355 e. The standard InChI is InChI=1S/C17H14BrFO3/c1-10-15-13(18)8-12(19)9-14(15)22-17(10,16(20)21-2)11-6-4-3-5-7-11/h3-10H,1-2H3/t10-,17-/m0/s1. The molecule has 1 heterocycles. The molecule has 0 radical (unpaired) electrons. The molecule has 0 amide bonds. The molecule has 2 atom stereocenters. The highest BCUT2D eigenvalue weighted by molar-refractivity contribution is 9.10. The first kappa shape index (κ1) is 15.0. The zero-order valence-electron chi connectivity index (χ0n) is 12.1. The summed E-state index contributed by atoms with van der Waals surface area (Å²) in [6, 6.07) is 11.8. The Kier molecular flexibility index (Phi) is 3.68. The van der Waals surface area contributed by atoms with Crippen LogP contribution in [0.5, 0.6) is 5.75 Å². The first-order valence-corrected chi connectivity index (χ1v) is 7.62. The second-order valence-electron chi connectivity index (χ2n) is 5.22. The van der Waals surface area contributed by atoms with E-state index in [1.165, 1.54) is 19.2 Å². The van der Waals surface area contributed by atoms with Crippen LogP contribution in [0.15, 0.2) is 46.9 Å². The molecule has 0 aromatic heterocycles. The van der Waals surface area contributed by atoms with Gasteiger partial charge in [-0.25, -0.2) is 9.18 Å². The van der Waals surface area contributed by atoms with Crippen molar-refractivity contribution < 1.29 is 18.7 Å². The third kappa shape index (κ3) is 2.03. The van der Waals surface area contributed by atoms with Crippen molar-refractivity contribution in [1.29, 1.82) is 0 Å². The Labute approximate surface area is 136 Å². The Bertz CT molecular complexity index is 732. The van der Waals surface area contributed by atoms with Crippen LogP contribution in [0.4, 0.5) is 4.39 Å². The van der Waals surface area contributed by atoms with Crippen LogP contribution < -0.4 is 4.74 Å². The fourth-order valence-electron chi connectivity index (χ4n) is 3.01. The van der Waals surface area contributed by atoms with E-state index in [4.69, 9.17) is 9.47 Å². The van der Waals surface area contributed by atoms with Gasteiger partial charge in [-0.05, 0) is 6.07 Å². The van der Waals surface area contributed by atoms with Gasteiger partial charge in [0.15, 0.2) is 0 Å². The first-order valence-electron chi connectivity index (χ1n) is 6.82. The molecular weight excluding hydrogens is 351 g/mol. The summed E-state index contributed by atoms with van der Waals surface area (Å²) in [4.78, 5) is 12.6. The molecule has 0 spiro atoms. The molecule has 22 heavy (non-hydrogen) atoms. The number of benzene rings is 2. The molecule has 5 heteroatoms. The van der Waals surface area contributed by atoms with E-state index < -0.39 is 17.4 Å². The molecule has 0 unspecified atom stereocenters. The molecule has 0 N–H and O–H groups in total. The minimum atomic E-state index is -1.31. The van der Waals surface area contributed by atoms with Crippen LogP contribution in [0.2, 0.25) is 0 Å². The molecule has 114 valence electrons. The van der Waals surface area contributed by atoms with Crippen LogP contribution in [0.1, 0.15) is 24.0 Å². The predicted octanol–water partition coefficient (Wildman–Crippen LogP) is 4.15. The maximum absolute atomic E-state index is 13.7. The molecule has 2 aromatic carbocycles. The predicted molar refractivity (Wildman–Crippen MR) is 83.3 cm³/mol. The molecular formula is C17H14BrFO3. The Balaban J connectivity index is 2.23. The van der Waals surface area contributed by atoms with Gasteiger partial charge in [0.25, 0.3) is 0 Å². The molecule has 3 nitrogen and oxygen atoms in total. The summed E-state index contributed by atoms with van der Waals surface area (Å²) in [6.07, 6.45) is 0. The molecule has 0 aliphatic carbocycles. The van der Waals surface area contributed by atoms with Crippen molar-refractivity contribution in [3.8, 4) is 5.75 Å². The quantitative estimate of drug-likeness (QED) is 0.750. The van der Waals surface area contributed by atoms with E-state index in [9.17, 15) is 9.18 Å². The third-order valence-corrected chi connectivity index (χ3v) is 4.72. The first-order chi connectivity index (χ1) is 10.5. The Hall–Kier alpha value is -1.88. The fourth-order valence-corrected chi connectivity index (χ4v) is 3.77. The van der Waals surface area contributed by atoms with Crippen LogP contribution in [-0.2, 0) is 15.1 Å². The summed E-state index contributed by atoms with van der Waals surface area (Å²) in [5.41, 5.74) is 0.128. The Morgan fingerprint density at radius 1 is 1.32 bits per heavy atom. The van der Waals surface area contributed by atoms with Gasteiger partial charge in [-0.2, -0.15) is 0 Å². The molecule has 0 saturated heterocycles. The zero-order valence-corrected chi connectivity index (χ0v) is 13.7. The van der Waals surface area contributed by atoms with Crippen LogP contribution >= 0.6 is 15.9 Å². The molecule has 1 aliphatic rings. The van der Waals surface area contributed by atoms with Gasteiger partial charge in [0, 0.05) is 27.6 Å². The van der Waals surface area contributed by atoms with Gasteiger partial charge in [0.1, 0.15) is 11.6 Å². The summed E-state index contributed by atoms with van der Waals surface area (Å²) in [6.45, 7) is 1.87. The lowest BCUT2D eigenvalue weighted by molar-refractivity contribution is -0.160. The number of esters is 1. The summed E-state index contributed by atoms with van der Waals surface area (Å²) in [5.74, 6) is -0.901. The molecule has 0 bridgehead atoms. The highest BCUT2D eigenvalue weighted by Gasteiger charge is 2.55. The number of rotatable bonds is 2. The minimum Gasteiger partial charge on any atom is -0.470 e. The number of halogens is 2. The molecule has 3 rings (SSSR count). The van der Waals surface area contributed by atoms with Gasteiger partial charge in [-0.3, -0.25) is 0 Å². The van der Waals surface area contributed by atoms with Crippen molar-refractivity contribution in [3.05, 3.63) is 63.9 Å². The molecule has 1 aliphatic heterocycles. The van der Waals surface area contributed by atoms with Crippen molar-refractivity contribution in [1.82, 2.24) is 0 Å². The second kappa shape index (κ2) is 5.39. The highest BCUT2D eigenvalue weighted by atomic mass is 79.9. The number of methoxy groups -OCH3 is 1. The lowest BCUT2D eigenvalue weighted by atomic mass is 9.80. The third-order valence-electron chi connectivity index (χ3n) is 4.06. The SMILES string of the molecule is COC(=O)[C@]1(c2ccccc2)Oc2cc(F)cc(Br)c2[C@@H]1C. The van der Waals surface area contributed by atoms with Crippen molar-refractivity contribution >= 4 is 21.9 Å². The number of hydrogen-bond acceptors (Lipinski definition) is 3. The average molecular weight is 365 g/mol. The lowest BCUT2D eigenvalue weighted by Crippen LogP contribution is -2.43. The largest absolute Gasteiger partial charge is 0.470 e. The minimum absolute atomic E-state index is 0.327. The van der Waals surface area contributed by atoms with Gasteiger partial charge in [0.05, 0.1) is 7.11 Å². The number of carbonyl (C=O) groups excluding carboxylic acids is 1. The van der Waals surface area contributed by atoms with Crippen molar-refractivity contribution in [3.63, 3.8) is 0 Å². The Morgan fingerprint density at radius 3 is 2.64 bits per heavy atom.